The summed E-state index contributed by atoms with van der Waals surface area (Å²) in [7, 11) is 1.64. The fourth-order valence-corrected chi connectivity index (χ4v) is 1.62. The Kier molecular flexibility index (Phi) is 4.73. The van der Waals surface area contributed by atoms with Crippen molar-refractivity contribution in [2.75, 3.05) is 18.9 Å². The Balaban J connectivity index is 2.62. The van der Waals surface area contributed by atoms with Crippen LogP contribution in [0.25, 0.3) is 0 Å². The Morgan fingerprint density at radius 1 is 1.28 bits per heavy atom. The van der Waals surface area contributed by atoms with Gasteiger partial charge in [0.15, 0.2) is 0 Å². The Hall–Kier alpha value is -1.55. The number of hydrogen-bond acceptors (Lipinski definition) is 3. The monoisotopic (exact) mass is 250 g/mol. The summed E-state index contributed by atoms with van der Waals surface area (Å²) in [6.45, 7) is 6.85. The molecule has 0 aromatic heterocycles. The molecular weight excluding hydrogens is 228 g/mol. The molecule has 0 aliphatic carbocycles. The van der Waals surface area contributed by atoms with Crippen LogP contribution in [0.4, 0.5) is 5.69 Å². The molecule has 4 heteroatoms. The van der Waals surface area contributed by atoms with Crippen molar-refractivity contribution < 1.29 is 9.90 Å². The first-order valence-electron chi connectivity index (χ1n) is 6.09. The zero-order chi connectivity index (χ0) is 13.8. The van der Waals surface area contributed by atoms with E-state index in [2.05, 4.69) is 43.5 Å². The van der Waals surface area contributed by atoms with Gasteiger partial charge in [0, 0.05) is 12.2 Å². The molecular formula is C14H22N2O2. The number of carbonyl (C=O) groups is 1. The van der Waals surface area contributed by atoms with E-state index in [1.54, 1.807) is 7.05 Å². The SMILES string of the molecule is CNC(CNc1ccc(C(C)(C)C)cc1)C(=O)O. The second-order valence-corrected chi connectivity index (χ2v) is 5.39. The fraction of sp³-hybridized carbons (Fsp3) is 0.500. The number of likely N-dealkylation sites (N-methyl/N-ethyl adjacent to an activating group) is 1. The zero-order valence-electron chi connectivity index (χ0n) is 11.4. The second-order valence-electron chi connectivity index (χ2n) is 5.39. The molecule has 1 aromatic carbocycles. The summed E-state index contributed by atoms with van der Waals surface area (Å²) in [5.41, 5.74) is 2.33. The van der Waals surface area contributed by atoms with Crippen LogP contribution in [0.15, 0.2) is 24.3 Å². The molecule has 0 fully saturated rings. The molecule has 0 radical (unpaired) electrons. The minimum absolute atomic E-state index is 0.132. The number of nitrogens with one attached hydrogen (secondary N) is 2. The Morgan fingerprint density at radius 3 is 2.22 bits per heavy atom. The molecule has 1 rings (SSSR count). The zero-order valence-corrected chi connectivity index (χ0v) is 11.4. The molecule has 0 aliphatic rings. The molecule has 18 heavy (non-hydrogen) atoms. The van der Waals surface area contributed by atoms with E-state index in [4.69, 9.17) is 5.11 Å². The molecule has 0 amide bonds. The molecule has 0 bridgehead atoms. The normalized spacial score (nSPS) is 13.1. The van der Waals surface area contributed by atoms with Gasteiger partial charge in [-0.2, -0.15) is 0 Å². The number of carboxylic acids is 1. The van der Waals surface area contributed by atoms with Crippen LogP contribution >= 0.6 is 0 Å². The Bertz CT molecular complexity index is 393. The van der Waals surface area contributed by atoms with Crippen molar-refractivity contribution >= 4 is 11.7 Å². The molecule has 1 aromatic rings. The number of aliphatic carboxylic acids is 1. The summed E-state index contributed by atoms with van der Waals surface area (Å²) in [5.74, 6) is -0.851. The number of hydrogen-bond donors (Lipinski definition) is 3. The van der Waals surface area contributed by atoms with E-state index >= 15 is 0 Å². The summed E-state index contributed by atoms with van der Waals surface area (Å²) in [5, 5.41) is 14.8. The molecule has 0 saturated carbocycles. The number of carboxylic acid groups (broad SMARTS) is 1. The lowest BCUT2D eigenvalue weighted by molar-refractivity contribution is -0.138. The van der Waals surface area contributed by atoms with E-state index in [0.29, 0.717) is 6.54 Å². The van der Waals surface area contributed by atoms with Crippen LogP contribution < -0.4 is 10.6 Å². The standard InChI is InChI=1S/C14H22N2O2/c1-14(2,3)10-5-7-11(8-6-10)16-9-12(15-4)13(17)18/h5-8,12,15-16H,9H2,1-4H3,(H,17,18). The Labute approximate surface area is 108 Å². The number of benzene rings is 1. The molecule has 0 saturated heterocycles. The van der Waals surface area contributed by atoms with Crippen molar-refractivity contribution in [1.29, 1.82) is 0 Å². The van der Waals surface area contributed by atoms with E-state index in [0.717, 1.165) is 5.69 Å². The van der Waals surface area contributed by atoms with Gasteiger partial charge in [-0.1, -0.05) is 32.9 Å². The maximum absolute atomic E-state index is 10.8. The minimum Gasteiger partial charge on any atom is -0.480 e. The highest BCUT2D eigenvalue weighted by atomic mass is 16.4. The van der Waals surface area contributed by atoms with Gasteiger partial charge in [-0.3, -0.25) is 4.79 Å². The summed E-state index contributed by atoms with van der Waals surface area (Å²) in [6, 6.07) is 7.52. The van der Waals surface area contributed by atoms with Gasteiger partial charge in [0.05, 0.1) is 0 Å². The van der Waals surface area contributed by atoms with E-state index in [1.807, 2.05) is 12.1 Å². The molecule has 1 unspecified atom stereocenters. The molecule has 0 spiro atoms. The lowest BCUT2D eigenvalue weighted by Gasteiger charge is -2.19. The first-order chi connectivity index (χ1) is 8.34. The Morgan fingerprint density at radius 2 is 1.83 bits per heavy atom. The molecule has 4 nitrogen and oxygen atoms in total. The van der Waals surface area contributed by atoms with Crippen LogP contribution in [0.2, 0.25) is 0 Å². The topological polar surface area (TPSA) is 61.4 Å². The van der Waals surface area contributed by atoms with Gasteiger partial charge in [0.2, 0.25) is 0 Å². The highest BCUT2D eigenvalue weighted by Gasteiger charge is 2.15. The van der Waals surface area contributed by atoms with E-state index in [1.165, 1.54) is 5.56 Å². The van der Waals surface area contributed by atoms with E-state index < -0.39 is 12.0 Å². The third-order valence-electron chi connectivity index (χ3n) is 2.91. The van der Waals surface area contributed by atoms with Crippen molar-refractivity contribution in [2.45, 2.75) is 32.2 Å². The van der Waals surface area contributed by atoms with Crippen LogP contribution in [0.5, 0.6) is 0 Å². The molecule has 0 aliphatic heterocycles. The quantitative estimate of drug-likeness (QED) is 0.748. The lowest BCUT2D eigenvalue weighted by atomic mass is 9.87. The minimum atomic E-state index is -0.851. The predicted molar refractivity (Wildman–Crippen MR) is 74.1 cm³/mol. The second kappa shape index (κ2) is 5.87. The smallest absolute Gasteiger partial charge is 0.322 e. The van der Waals surface area contributed by atoms with Crippen LogP contribution in [-0.4, -0.2) is 30.7 Å². The van der Waals surface area contributed by atoms with Crippen LogP contribution in [0.3, 0.4) is 0 Å². The maximum atomic E-state index is 10.8. The van der Waals surface area contributed by atoms with Crippen molar-refractivity contribution in [1.82, 2.24) is 5.32 Å². The van der Waals surface area contributed by atoms with Crippen LogP contribution in [0.1, 0.15) is 26.3 Å². The number of anilines is 1. The summed E-state index contributed by atoms with van der Waals surface area (Å²) in [6.07, 6.45) is 0. The molecule has 100 valence electrons. The highest BCUT2D eigenvalue weighted by molar-refractivity contribution is 5.74. The van der Waals surface area contributed by atoms with E-state index in [-0.39, 0.29) is 5.41 Å². The van der Waals surface area contributed by atoms with Crippen LogP contribution in [0, 0.1) is 0 Å². The van der Waals surface area contributed by atoms with Crippen molar-refractivity contribution in [3.8, 4) is 0 Å². The van der Waals surface area contributed by atoms with E-state index in [9.17, 15) is 4.79 Å². The van der Waals surface area contributed by atoms with Crippen LogP contribution in [-0.2, 0) is 10.2 Å². The van der Waals surface area contributed by atoms with Crippen molar-refractivity contribution in [3.05, 3.63) is 29.8 Å². The predicted octanol–water partition coefficient (Wildman–Crippen LogP) is 2.07. The average molecular weight is 250 g/mol. The van der Waals surface area contributed by atoms with Gasteiger partial charge in [-0.15, -0.1) is 0 Å². The van der Waals surface area contributed by atoms with Gasteiger partial charge < -0.3 is 15.7 Å². The van der Waals surface area contributed by atoms with Crippen molar-refractivity contribution in [2.24, 2.45) is 0 Å². The third kappa shape index (κ3) is 4.04. The number of rotatable bonds is 5. The highest BCUT2D eigenvalue weighted by Crippen LogP contribution is 2.23. The molecule has 3 N–H and O–H groups in total. The maximum Gasteiger partial charge on any atom is 0.322 e. The fourth-order valence-electron chi connectivity index (χ4n) is 1.62. The third-order valence-corrected chi connectivity index (χ3v) is 2.91. The van der Waals surface area contributed by atoms with Gasteiger partial charge in [0.1, 0.15) is 6.04 Å². The largest absolute Gasteiger partial charge is 0.480 e. The summed E-state index contributed by atoms with van der Waals surface area (Å²) >= 11 is 0. The summed E-state index contributed by atoms with van der Waals surface area (Å²) < 4.78 is 0. The summed E-state index contributed by atoms with van der Waals surface area (Å²) in [4.78, 5) is 10.8. The van der Waals surface area contributed by atoms with Gasteiger partial charge >= 0.3 is 5.97 Å². The first-order valence-corrected chi connectivity index (χ1v) is 6.09. The lowest BCUT2D eigenvalue weighted by Crippen LogP contribution is -2.39. The average Bonchev–Trinajstić information content (AvgIpc) is 2.29. The van der Waals surface area contributed by atoms with Gasteiger partial charge in [-0.05, 0) is 30.2 Å². The van der Waals surface area contributed by atoms with Crippen molar-refractivity contribution in [3.63, 3.8) is 0 Å². The van der Waals surface area contributed by atoms with Gasteiger partial charge in [0.25, 0.3) is 0 Å². The first kappa shape index (κ1) is 14.5. The molecule has 0 heterocycles. The van der Waals surface area contributed by atoms with Gasteiger partial charge in [-0.25, -0.2) is 0 Å². The molecule has 1 atom stereocenters.